The molecular weight excluding hydrogens is 392 g/mol. The Balaban J connectivity index is 1.52. The highest BCUT2D eigenvalue weighted by atomic mass is 32.2. The maximum absolute atomic E-state index is 12.8. The van der Waals surface area contributed by atoms with Crippen LogP contribution < -0.4 is 14.2 Å². The zero-order valence-corrected chi connectivity index (χ0v) is 17.1. The van der Waals surface area contributed by atoms with Gasteiger partial charge in [-0.05, 0) is 43.0 Å². The van der Waals surface area contributed by atoms with E-state index in [9.17, 15) is 13.2 Å². The number of nitrogens with zero attached hydrogens (tertiary/aromatic N) is 1. The molecule has 0 bridgehead atoms. The van der Waals surface area contributed by atoms with Gasteiger partial charge in [0.15, 0.2) is 11.5 Å². The Morgan fingerprint density at radius 3 is 2.66 bits per heavy atom. The molecule has 7 nitrogen and oxygen atoms in total. The maximum Gasteiger partial charge on any atom is 0.267 e. The lowest BCUT2D eigenvalue weighted by Crippen LogP contribution is -2.45. The first-order chi connectivity index (χ1) is 14.0. The van der Waals surface area contributed by atoms with E-state index in [-0.39, 0.29) is 17.4 Å². The fraction of sp³-hybridized carbons (Fsp3) is 0.381. The zero-order chi connectivity index (χ0) is 20.4. The average molecular weight is 416 g/mol. The third-order valence-electron chi connectivity index (χ3n) is 5.22. The predicted molar refractivity (Wildman–Crippen MR) is 109 cm³/mol. The number of fused-ring (bicyclic) bond motifs is 1. The molecule has 1 unspecified atom stereocenters. The van der Waals surface area contributed by atoms with Crippen molar-refractivity contribution < 1.29 is 22.7 Å². The zero-order valence-electron chi connectivity index (χ0n) is 16.3. The monoisotopic (exact) mass is 416 g/mol. The summed E-state index contributed by atoms with van der Waals surface area (Å²) in [6, 6.07) is 11.7. The van der Waals surface area contributed by atoms with Gasteiger partial charge in [0, 0.05) is 19.2 Å². The molecule has 0 aromatic heterocycles. The van der Waals surface area contributed by atoms with E-state index in [0.29, 0.717) is 23.6 Å². The second-order valence-corrected chi connectivity index (χ2v) is 8.86. The number of para-hydroxylation sites is 1. The van der Waals surface area contributed by atoms with Gasteiger partial charge in [0.25, 0.3) is 15.9 Å². The first-order valence-electron chi connectivity index (χ1n) is 9.81. The van der Waals surface area contributed by atoms with Crippen molar-refractivity contribution in [3.05, 3.63) is 48.0 Å². The molecule has 0 radical (unpaired) electrons. The molecule has 2 aliphatic rings. The van der Waals surface area contributed by atoms with Crippen molar-refractivity contribution in [1.82, 2.24) is 4.90 Å². The minimum absolute atomic E-state index is 0.0674. The first kappa shape index (κ1) is 19.6. The molecule has 2 aromatic rings. The molecule has 29 heavy (non-hydrogen) atoms. The molecule has 154 valence electrons. The van der Waals surface area contributed by atoms with Crippen LogP contribution in [0, 0.1) is 0 Å². The normalized spacial score (nSPS) is 18.5. The van der Waals surface area contributed by atoms with Crippen LogP contribution in [0.25, 0.3) is 0 Å². The number of sulfonamides is 1. The van der Waals surface area contributed by atoms with Crippen LogP contribution in [0.1, 0.15) is 25.3 Å². The third-order valence-corrected chi connectivity index (χ3v) is 6.58. The minimum atomic E-state index is -3.78. The number of likely N-dealkylation sites (tertiary alicyclic amines) is 1. The van der Waals surface area contributed by atoms with Gasteiger partial charge in [-0.3, -0.25) is 9.52 Å². The Labute approximate surface area is 170 Å². The molecule has 8 heteroatoms. The first-order valence-corrected chi connectivity index (χ1v) is 11.3. The number of carbonyl (C=O) groups is 1. The van der Waals surface area contributed by atoms with Crippen LogP contribution in [-0.4, -0.2) is 45.0 Å². The number of benzene rings is 2. The molecule has 1 N–H and O–H groups in total. The van der Waals surface area contributed by atoms with Crippen LogP contribution in [0.3, 0.4) is 0 Å². The standard InChI is InChI=1S/C21H24N2O5S/c1-2-15-7-3-4-8-17(15)22-29(25,26)16-9-10-18-19(13-16)27-14-20(28-18)21(24)23-11-5-6-12-23/h3-4,7-10,13,20,22H,2,5-6,11-12,14H2,1H3. The highest BCUT2D eigenvalue weighted by Gasteiger charge is 2.33. The minimum Gasteiger partial charge on any atom is -0.485 e. The molecule has 1 amide bonds. The average Bonchev–Trinajstić information content (AvgIpc) is 3.27. The molecule has 1 atom stereocenters. The van der Waals surface area contributed by atoms with E-state index < -0.39 is 16.1 Å². The summed E-state index contributed by atoms with van der Waals surface area (Å²) in [5, 5.41) is 0. The molecule has 2 heterocycles. The van der Waals surface area contributed by atoms with Crippen molar-refractivity contribution in [1.29, 1.82) is 0 Å². The third kappa shape index (κ3) is 4.03. The molecular formula is C21H24N2O5S. The van der Waals surface area contributed by atoms with Crippen molar-refractivity contribution in [2.75, 3.05) is 24.4 Å². The summed E-state index contributed by atoms with van der Waals surface area (Å²) in [5.41, 5.74) is 1.47. The quantitative estimate of drug-likeness (QED) is 0.810. The summed E-state index contributed by atoms with van der Waals surface area (Å²) >= 11 is 0. The van der Waals surface area contributed by atoms with Gasteiger partial charge in [-0.1, -0.05) is 25.1 Å². The lowest BCUT2D eigenvalue weighted by atomic mass is 10.1. The van der Waals surface area contributed by atoms with E-state index in [1.54, 1.807) is 23.1 Å². The van der Waals surface area contributed by atoms with Crippen LogP contribution >= 0.6 is 0 Å². The fourth-order valence-electron chi connectivity index (χ4n) is 3.61. The number of carbonyl (C=O) groups excluding carboxylic acids is 1. The van der Waals surface area contributed by atoms with Gasteiger partial charge in [0.2, 0.25) is 6.10 Å². The molecule has 0 spiro atoms. The second kappa shape index (κ2) is 7.94. The topological polar surface area (TPSA) is 84.9 Å². The summed E-state index contributed by atoms with van der Waals surface area (Å²) in [5.74, 6) is 0.617. The van der Waals surface area contributed by atoms with Crippen molar-refractivity contribution >= 4 is 21.6 Å². The lowest BCUT2D eigenvalue weighted by Gasteiger charge is -2.29. The molecule has 2 aliphatic heterocycles. The van der Waals surface area contributed by atoms with E-state index in [4.69, 9.17) is 9.47 Å². The van der Waals surface area contributed by atoms with Gasteiger partial charge in [-0.25, -0.2) is 8.42 Å². The SMILES string of the molecule is CCc1ccccc1NS(=O)(=O)c1ccc2c(c1)OCC(C(=O)N1CCCC1)O2. The van der Waals surface area contributed by atoms with Crippen LogP contribution in [0.2, 0.25) is 0 Å². The van der Waals surface area contributed by atoms with E-state index in [1.807, 2.05) is 19.1 Å². The van der Waals surface area contributed by atoms with E-state index in [2.05, 4.69) is 4.72 Å². The van der Waals surface area contributed by atoms with E-state index in [0.717, 1.165) is 31.5 Å². The molecule has 2 aromatic carbocycles. The summed E-state index contributed by atoms with van der Waals surface area (Å²) in [6.45, 7) is 3.52. The Morgan fingerprint density at radius 2 is 1.90 bits per heavy atom. The van der Waals surface area contributed by atoms with Crippen LogP contribution in [0.5, 0.6) is 11.5 Å². The molecule has 4 rings (SSSR count). The summed E-state index contributed by atoms with van der Waals surface area (Å²) in [6.07, 6.45) is 2.03. The lowest BCUT2D eigenvalue weighted by molar-refractivity contribution is -0.140. The Bertz CT molecular complexity index is 1020. The number of hydrogen-bond donors (Lipinski definition) is 1. The van der Waals surface area contributed by atoms with Gasteiger partial charge >= 0.3 is 0 Å². The van der Waals surface area contributed by atoms with Crippen LogP contribution in [-0.2, 0) is 21.2 Å². The number of aryl methyl sites for hydroxylation is 1. The van der Waals surface area contributed by atoms with Crippen molar-refractivity contribution in [2.24, 2.45) is 0 Å². The summed E-state index contributed by atoms with van der Waals surface area (Å²) in [4.78, 5) is 14.4. The number of hydrogen-bond acceptors (Lipinski definition) is 5. The predicted octanol–water partition coefficient (Wildman–Crippen LogP) is 2.81. The number of rotatable bonds is 5. The van der Waals surface area contributed by atoms with Crippen molar-refractivity contribution in [3.63, 3.8) is 0 Å². The van der Waals surface area contributed by atoms with Crippen molar-refractivity contribution in [3.8, 4) is 11.5 Å². The maximum atomic E-state index is 12.8. The van der Waals surface area contributed by atoms with Gasteiger partial charge in [0.05, 0.1) is 10.6 Å². The molecule has 0 aliphatic carbocycles. The Kier molecular flexibility index (Phi) is 5.36. The van der Waals surface area contributed by atoms with Gasteiger partial charge in [0.1, 0.15) is 6.61 Å². The number of nitrogens with one attached hydrogen (secondary N) is 1. The molecule has 0 saturated carbocycles. The smallest absolute Gasteiger partial charge is 0.267 e. The largest absolute Gasteiger partial charge is 0.485 e. The highest BCUT2D eigenvalue weighted by molar-refractivity contribution is 7.92. The molecule has 1 saturated heterocycles. The van der Waals surface area contributed by atoms with Gasteiger partial charge in [-0.2, -0.15) is 0 Å². The highest BCUT2D eigenvalue weighted by Crippen LogP contribution is 2.35. The van der Waals surface area contributed by atoms with E-state index >= 15 is 0 Å². The van der Waals surface area contributed by atoms with Crippen LogP contribution in [0.15, 0.2) is 47.4 Å². The van der Waals surface area contributed by atoms with Gasteiger partial charge < -0.3 is 14.4 Å². The number of anilines is 1. The Morgan fingerprint density at radius 1 is 1.14 bits per heavy atom. The number of ether oxygens (including phenoxy) is 2. The summed E-state index contributed by atoms with van der Waals surface area (Å²) < 4.78 is 39.8. The van der Waals surface area contributed by atoms with Gasteiger partial charge in [-0.15, -0.1) is 0 Å². The van der Waals surface area contributed by atoms with Crippen LogP contribution in [0.4, 0.5) is 5.69 Å². The van der Waals surface area contributed by atoms with Crippen molar-refractivity contribution in [2.45, 2.75) is 37.2 Å². The number of amides is 1. The van der Waals surface area contributed by atoms with E-state index in [1.165, 1.54) is 12.1 Å². The Hall–Kier alpha value is -2.74. The summed E-state index contributed by atoms with van der Waals surface area (Å²) in [7, 11) is -3.78. The molecule has 1 fully saturated rings. The second-order valence-electron chi connectivity index (χ2n) is 7.17. The fourth-order valence-corrected chi connectivity index (χ4v) is 4.73.